The van der Waals surface area contributed by atoms with Gasteiger partial charge in [0.2, 0.25) is 23.5 Å². The number of piperidine rings is 1. The SMILES string of the molecule is Cc1ccccc1-c1noc(CN2CCCC(C(=O)NCc3cccc(CN4CCCC4=O)c3)C2)n1. The molecule has 36 heavy (non-hydrogen) atoms. The van der Waals surface area contributed by atoms with Crippen LogP contribution in [-0.2, 0) is 29.2 Å². The second-order valence-corrected chi connectivity index (χ2v) is 9.86. The molecule has 0 spiro atoms. The summed E-state index contributed by atoms with van der Waals surface area (Å²) in [6, 6.07) is 16.1. The molecule has 8 nitrogen and oxygen atoms in total. The number of amides is 2. The van der Waals surface area contributed by atoms with Gasteiger partial charge < -0.3 is 14.7 Å². The van der Waals surface area contributed by atoms with E-state index < -0.39 is 0 Å². The lowest BCUT2D eigenvalue weighted by atomic mass is 9.97. The van der Waals surface area contributed by atoms with Crippen molar-refractivity contribution in [3.8, 4) is 11.4 Å². The van der Waals surface area contributed by atoms with Crippen LogP contribution < -0.4 is 5.32 Å². The Morgan fingerprint density at radius 3 is 2.78 bits per heavy atom. The zero-order valence-electron chi connectivity index (χ0n) is 20.8. The summed E-state index contributed by atoms with van der Waals surface area (Å²) in [5.74, 6) is 1.41. The van der Waals surface area contributed by atoms with Crippen molar-refractivity contribution in [3.63, 3.8) is 0 Å². The molecular formula is C28H33N5O3. The summed E-state index contributed by atoms with van der Waals surface area (Å²) in [6.45, 7) is 6.10. The number of carbonyl (C=O) groups excluding carboxylic acids is 2. The average Bonchev–Trinajstić information content (AvgIpc) is 3.52. The summed E-state index contributed by atoms with van der Waals surface area (Å²) in [4.78, 5) is 33.6. The molecule has 0 radical (unpaired) electrons. The first-order valence-electron chi connectivity index (χ1n) is 12.8. The third kappa shape index (κ3) is 5.82. The molecule has 2 fully saturated rings. The molecule has 0 saturated carbocycles. The predicted octanol–water partition coefficient (Wildman–Crippen LogP) is 3.70. The van der Waals surface area contributed by atoms with Gasteiger partial charge in [0.05, 0.1) is 12.5 Å². The Hall–Kier alpha value is -3.52. The van der Waals surface area contributed by atoms with E-state index in [2.05, 4.69) is 26.4 Å². The van der Waals surface area contributed by atoms with Crippen molar-refractivity contribution in [2.45, 2.75) is 52.2 Å². The highest BCUT2D eigenvalue weighted by molar-refractivity contribution is 5.79. The minimum atomic E-state index is -0.0667. The molecule has 2 saturated heterocycles. The number of hydrogen-bond donors (Lipinski definition) is 1. The van der Waals surface area contributed by atoms with Crippen LogP contribution in [0.15, 0.2) is 53.1 Å². The number of rotatable bonds is 8. The Morgan fingerprint density at radius 2 is 1.94 bits per heavy atom. The Labute approximate surface area is 211 Å². The van der Waals surface area contributed by atoms with Crippen LogP contribution in [0.25, 0.3) is 11.4 Å². The van der Waals surface area contributed by atoms with Gasteiger partial charge in [0.1, 0.15) is 0 Å². The average molecular weight is 488 g/mol. The summed E-state index contributed by atoms with van der Waals surface area (Å²) in [5.41, 5.74) is 4.23. The number of nitrogens with zero attached hydrogens (tertiary/aromatic N) is 4. The molecule has 2 amide bonds. The van der Waals surface area contributed by atoms with Crippen LogP contribution in [0.1, 0.15) is 48.3 Å². The maximum Gasteiger partial charge on any atom is 0.241 e. The summed E-state index contributed by atoms with van der Waals surface area (Å²) >= 11 is 0. The highest BCUT2D eigenvalue weighted by Gasteiger charge is 2.27. The molecule has 2 aliphatic heterocycles. The monoisotopic (exact) mass is 487 g/mol. The van der Waals surface area contributed by atoms with E-state index in [0.717, 1.165) is 54.6 Å². The van der Waals surface area contributed by atoms with Gasteiger partial charge in [0, 0.05) is 38.2 Å². The number of carbonyl (C=O) groups is 2. The van der Waals surface area contributed by atoms with Gasteiger partial charge in [-0.1, -0.05) is 53.7 Å². The van der Waals surface area contributed by atoms with E-state index in [1.54, 1.807) is 0 Å². The first-order chi connectivity index (χ1) is 17.5. The first kappa shape index (κ1) is 24.2. The summed E-state index contributed by atoms with van der Waals surface area (Å²) < 4.78 is 5.52. The number of aromatic nitrogens is 2. The van der Waals surface area contributed by atoms with Gasteiger partial charge in [-0.25, -0.2) is 0 Å². The van der Waals surface area contributed by atoms with Gasteiger partial charge in [0.15, 0.2) is 0 Å². The van der Waals surface area contributed by atoms with Crippen molar-refractivity contribution in [3.05, 3.63) is 71.1 Å². The van der Waals surface area contributed by atoms with Crippen molar-refractivity contribution in [2.24, 2.45) is 5.92 Å². The van der Waals surface area contributed by atoms with E-state index in [9.17, 15) is 9.59 Å². The fourth-order valence-corrected chi connectivity index (χ4v) is 5.12. The normalized spacial score (nSPS) is 18.5. The van der Waals surface area contributed by atoms with Crippen LogP contribution in [0.2, 0.25) is 0 Å². The number of hydrogen-bond acceptors (Lipinski definition) is 6. The van der Waals surface area contributed by atoms with Crippen LogP contribution in [-0.4, -0.2) is 51.4 Å². The number of likely N-dealkylation sites (tertiary alicyclic amines) is 2. The molecule has 0 bridgehead atoms. The van der Waals surface area contributed by atoms with Gasteiger partial charge in [-0.2, -0.15) is 4.98 Å². The van der Waals surface area contributed by atoms with Gasteiger partial charge in [-0.3, -0.25) is 14.5 Å². The highest BCUT2D eigenvalue weighted by atomic mass is 16.5. The van der Waals surface area contributed by atoms with E-state index in [-0.39, 0.29) is 17.7 Å². The standard InChI is InChI=1S/C28H33N5O3/c1-20-7-2-3-11-24(20)27-30-25(36-31-27)19-32-13-5-10-23(18-32)28(35)29-16-21-8-4-9-22(15-21)17-33-14-6-12-26(33)34/h2-4,7-9,11,15,23H,5-6,10,12-14,16-19H2,1H3,(H,29,35). The molecule has 188 valence electrons. The molecule has 8 heteroatoms. The maximum atomic E-state index is 13.0. The maximum absolute atomic E-state index is 13.0. The number of aryl methyl sites for hydroxylation is 1. The smallest absolute Gasteiger partial charge is 0.241 e. The zero-order chi connectivity index (χ0) is 24.9. The molecule has 1 unspecified atom stereocenters. The van der Waals surface area contributed by atoms with Crippen LogP contribution >= 0.6 is 0 Å². The van der Waals surface area contributed by atoms with E-state index in [1.807, 2.05) is 54.3 Å². The van der Waals surface area contributed by atoms with E-state index in [1.165, 1.54) is 0 Å². The van der Waals surface area contributed by atoms with Gasteiger partial charge >= 0.3 is 0 Å². The second-order valence-electron chi connectivity index (χ2n) is 9.86. The first-order valence-corrected chi connectivity index (χ1v) is 12.8. The Morgan fingerprint density at radius 1 is 1.08 bits per heavy atom. The van der Waals surface area contributed by atoms with E-state index in [4.69, 9.17) is 4.52 Å². The molecule has 3 heterocycles. The molecule has 2 aliphatic rings. The largest absolute Gasteiger partial charge is 0.352 e. The molecule has 1 atom stereocenters. The van der Waals surface area contributed by atoms with E-state index >= 15 is 0 Å². The molecule has 0 aliphatic carbocycles. The lowest BCUT2D eigenvalue weighted by Crippen LogP contribution is -2.42. The van der Waals surface area contributed by atoms with Crippen LogP contribution in [0.5, 0.6) is 0 Å². The summed E-state index contributed by atoms with van der Waals surface area (Å²) in [6.07, 6.45) is 3.41. The zero-order valence-corrected chi connectivity index (χ0v) is 20.8. The molecular weight excluding hydrogens is 454 g/mol. The molecule has 1 N–H and O–H groups in total. The van der Waals surface area contributed by atoms with Crippen LogP contribution in [0, 0.1) is 12.8 Å². The minimum absolute atomic E-state index is 0.0667. The van der Waals surface area contributed by atoms with Crippen molar-refractivity contribution < 1.29 is 14.1 Å². The van der Waals surface area contributed by atoms with E-state index in [0.29, 0.717) is 44.3 Å². The van der Waals surface area contributed by atoms with Crippen LogP contribution in [0.4, 0.5) is 0 Å². The fraction of sp³-hybridized carbons (Fsp3) is 0.429. The Kier molecular flexibility index (Phi) is 7.41. The predicted molar refractivity (Wildman–Crippen MR) is 135 cm³/mol. The van der Waals surface area contributed by atoms with Gasteiger partial charge in [0.25, 0.3) is 0 Å². The third-order valence-corrected chi connectivity index (χ3v) is 7.09. The van der Waals surface area contributed by atoms with Crippen molar-refractivity contribution in [2.75, 3.05) is 19.6 Å². The molecule has 3 aromatic rings. The van der Waals surface area contributed by atoms with Gasteiger partial charge in [-0.05, 0) is 49.4 Å². The molecule has 5 rings (SSSR count). The van der Waals surface area contributed by atoms with Crippen molar-refractivity contribution in [1.29, 1.82) is 0 Å². The number of nitrogens with one attached hydrogen (secondary N) is 1. The summed E-state index contributed by atoms with van der Waals surface area (Å²) in [7, 11) is 0. The lowest BCUT2D eigenvalue weighted by molar-refractivity contribution is -0.128. The quantitative estimate of drug-likeness (QED) is 0.521. The number of benzene rings is 2. The Bertz CT molecular complexity index is 1220. The van der Waals surface area contributed by atoms with Crippen molar-refractivity contribution in [1.82, 2.24) is 25.3 Å². The summed E-state index contributed by atoms with van der Waals surface area (Å²) in [5, 5.41) is 7.28. The third-order valence-electron chi connectivity index (χ3n) is 7.09. The highest BCUT2D eigenvalue weighted by Crippen LogP contribution is 2.22. The topological polar surface area (TPSA) is 91.6 Å². The van der Waals surface area contributed by atoms with Gasteiger partial charge in [-0.15, -0.1) is 0 Å². The van der Waals surface area contributed by atoms with Crippen molar-refractivity contribution >= 4 is 11.8 Å². The van der Waals surface area contributed by atoms with Crippen LogP contribution in [0.3, 0.4) is 0 Å². The molecule has 1 aromatic heterocycles. The fourth-order valence-electron chi connectivity index (χ4n) is 5.12. The second kappa shape index (κ2) is 11.0. The molecule has 2 aromatic carbocycles. The lowest BCUT2D eigenvalue weighted by Gasteiger charge is -2.30. The minimum Gasteiger partial charge on any atom is -0.352 e. The Balaban J connectivity index is 1.13.